The molecule has 0 radical (unpaired) electrons. The Labute approximate surface area is 194 Å². The van der Waals surface area contributed by atoms with E-state index >= 15 is 0 Å². The van der Waals surface area contributed by atoms with Gasteiger partial charge < -0.3 is 21.1 Å². The molecule has 3 aromatic rings. The number of benzene rings is 3. The quantitative estimate of drug-likeness (QED) is 0.418. The summed E-state index contributed by atoms with van der Waals surface area (Å²) < 4.78 is 0. The van der Waals surface area contributed by atoms with Crippen LogP contribution in [-0.2, 0) is 17.6 Å². The van der Waals surface area contributed by atoms with Crippen molar-refractivity contribution in [1.82, 2.24) is 5.32 Å². The number of aryl methyl sites for hydroxylation is 1. The number of hydrogen-bond acceptors (Lipinski definition) is 5. The van der Waals surface area contributed by atoms with Crippen molar-refractivity contribution in [1.29, 1.82) is 5.26 Å². The maximum absolute atomic E-state index is 11.1. The average molecular weight is 441 g/mol. The highest BCUT2D eigenvalue weighted by atomic mass is 16.4. The number of rotatable bonds is 8. The summed E-state index contributed by atoms with van der Waals surface area (Å²) >= 11 is 0. The van der Waals surface area contributed by atoms with Crippen molar-refractivity contribution in [3.8, 4) is 6.07 Å². The molecule has 1 heterocycles. The van der Waals surface area contributed by atoms with Gasteiger partial charge in [-0.3, -0.25) is 4.79 Å². The van der Waals surface area contributed by atoms with Crippen LogP contribution >= 0.6 is 0 Å². The van der Waals surface area contributed by atoms with Crippen molar-refractivity contribution in [2.45, 2.75) is 31.8 Å². The number of carboxylic acid groups (broad SMARTS) is 1. The van der Waals surface area contributed by atoms with Crippen LogP contribution in [0.1, 0.15) is 33.9 Å². The Morgan fingerprint density at radius 3 is 2.76 bits per heavy atom. The summed E-state index contributed by atoms with van der Waals surface area (Å²) in [7, 11) is 0. The van der Waals surface area contributed by atoms with Gasteiger partial charge in [-0.2, -0.15) is 5.26 Å². The first-order chi connectivity index (χ1) is 16.0. The third kappa shape index (κ3) is 5.33. The molecule has 0 aliphatic carbocycles. The number of aliphatic carboxylic acids is 1. The highest BCUT2D eigenvalue weighted by molar-refractivity contribution is 5.77. The number of carbonyl (C=O) groups is 1. The standard InChI is InChI=1S/C27H28N4O2/c1-18-10-11-19(15-25(32)33)14-21(18)12-13-29-26(20-6-3-2-4-7-20)24-17-30-23-9-5-8-22(16-28)27(23)31-24/h2-11,14,24,26,29-31H,12-13,15,17H2,1H3,(H,32,33)/t24-,26-/m1/s1. The molecule has 6 nitrogen and oxygen atoms in total. The van der Waals surface area contributed by atoms with Crippen LogP contribution in [0.4, 0.5) is 11.4 Å². The lowest BCUT2D eigenvalue weighted by Crippen LogP contribution is -2.44. The normalized spacial score (nSPS) is 15.5. The second-order valence-electron chi connectivity index (χ2n) is 8.40. The van der Waals surface area contributed by atoms with Crippen molar-refractivity contribution in [2.75, 3.05) is 23.7 Å². The van der Waals surface area contributed by atoms with Crippen LogP contribution in [-0.4, -0.2) is 30.2 Å². The number of para-hydroxylation sites is 1. The molecule has 0 bridgehead atoms. The molecular weight excluding hydrogens is 412 g/mol. The molecule has 0 spiro atoms. The van der Waals surface area contributed by atoms with E-state index < -0.39 is 5.97 Å². The minimum absolute atomic E-state index is 0.0288. The van der Waals surface area contributed by atoms with Crippen LogP contribution in [0.2, 0.25) is 0 Å². The molecule has 0 saturated heterocycles. The minimum atomic E-state index is -0.819. The number of hydrogen-bond donors (Lipinski definition) is 4. The Morgan fingerprint density at radius 2 is 2.00 bits per heavy atom. The van der Waals surface area contributed by atoms with Crippen molar-refractivity contribution in [2.24, 2.45) is 0 Å². The van der Waals surface area contributed by atoms with Crippen molar-refractivity contribution >= 4 is 17.3 Å². The Bertz CT molecular complexity index is 1170. The zero-order valence-electron chi connectivity index (χ0n) is 18.6. The first kappa shape index (κ1) is 22.4. The predicted octanol–water partition coefficient (Wildman–Crippen LogP) is 4.27. The summed E-state index contributed by atoms with van der Waals surface area (Å²) in [6.07, 6.45) is 0.828. The third-order valence-corrected chi connectivity index (χ3v) is 6.12. The zero-order chi connectivity index (χ0) is 23.2. The van der Waals surface area contributed by atoms with Crippen molar-refractivity contribution < 1.29 is 9.90 Å². The first-order valence-electron chi connectivity index (χ1n) is 11.2. The van der Waals surface area contributed by atoms with Gasteiger partial charge in [0.1, 0.15) is 6.07 Å². The van der Waals surface area contributed by atoms with Crippen LogP contribution < -0.4 is 16.0 Å². The Morgan fingerprint density at radius 1 is 1.18 bits per heavy atom. The van der Waals surface area contributed by atoms with Crippen LogP contribution in [0, 0.1) is 18.3 Å². The summed E-state index contributed by atoms with van der Waals surface area (Å²) in [4.78, 5) is 11.1. The van der Waals surface area contributed by atoms with Gasteiger partial charge in [0.15, 0.2) is 0 Å². The van der Waals surface area contributed by atoms with E-state index in [-0.39, 0.29) is 18.5 Å². The summed E-state index contributed by atoms with van der Waals surface area (Å²) in [5.74, 6) is -0.819. The lowest BCUT2D eigenvalue weighted by atomic mass is 9.95. The van der Waals surface area contributed by atoms with Crippen molar-refractivity contribution in [3.63, 3.8) is 0 Å². The van der Waals surface area contributed by atoms with Crippen LogP contribution in [0.5, 0.6) is 0 Å². The van der Waals surface area contributed by atoms with Crippen LogP contribution in [0.15, 0.2) is 66.7 Å². The van der Waals surface area contributed by atoms with Crippen LogP contribution in [0.25, 0.3) is 0 Å². The summed E-state index contributed by atoms with van der Waals surface area (Å²) in [5.41, 5.74) is 6.72. The average Bonchev–Trinajstić information content (AvgIpc) is 2.83. The molecule has 1 aliphatic heterocycles. The number of anilines is 2. The van der Waals surface area contributed by atoms with Gasteiger partial charge in [-0.25, -0.2) is 0 Å². The molecular formula is C27H28N4O2. The zero-order valence-corrected chi connectivity index (χ0v) is 18.6. The van der Waals surface area contributed by atoms with Gasteiger partial charge in [-0.05, 0) is 54.3 Å². The number of nitriles is 1. The van der Waals surface area contributed by atoms with E-state index in [0.717, 1.165) is 47.6 Å². The fourth-order valence-corrected chi connectivity index (χ4v) is 4.40. The number of fused-ring (bicyclic) bond motifs is 1. The molecule has 33 heavy (non-hydrogen) atoms. The van der Waals surface area contributed by atoms with E-state index in [9.17, 15) is 10.1 Å². The molecule has 4 rings (SSSR count). The Hall–Kier alpha value is -3.82. The SMILES string of the molecule is Cc1ccc(CC(=O)O)cc1CCN[C@H](c1ccccc1)[C@H]1CNc2cccc(C#N)c2N1. The highest BCUT2D eigenvalue weighted by Crippen LogP contribution is 2.33. The molecule has 168 valence electrons. The van der Waals surface area contributed by atoms with E-state index in [1.807, 2.05) is 54.6 Å². The lowest BCUT2D eigenvalue weighted by Gasteiger charge is -2.35. The monoisotopic (exact) mass is 440 g/mol. The molecule has 0 amide bonds. The van der Waals surface area contributed by atoms with E-state index in [1.54, 1.807) is 0 Å². The molecule has 4 N–H and O–H groups in total. The van der Waals surface area contributed by atoms with Gasteiger partial charge in [0, 0.05) is 6.54 Å². The van der Waals surface area contributed by atoms with Gasteiger partial charge in [-0.1, -0.05) is 54.6 Å². The number of nitrogens with zero attached hydrogens (tertiary/aromatic N) is 1. The van der Waals surface area contributed by atoms with Gasteiger partial charge in [0.05, 0.1) is 35.4 Å². The molecule has 1 aliphatic rings. The van der Waals surface area contributed by atoms with Crippen LogP contribution in [0.3, 0.4) is 0 Å². The Balaban J connectivity index is 1.51. The van der Waals surface area contributed by atoms with Gasteiger partial charge in [0.25, 0.3) is 0 Å². The number of nitrogens with one attached hydrogen (secondary N) is 3. The molecule has 0 fully saturated rings. The fraction of sp³-hybridized carbons (Fsp3) is 0.259. The fourth-order valence-electron chi connectivity index (χ4n) is 4.40. The lowest BCUT2D eigenvalue weighted by molar-refractivity contribution is -0.136. The van der Waals surface area contributed by atoms with E-state index in [0.29, 0.717) is 5.56 Å². The smallest absolute Gasteiger partial charge is 0.307 e. The second-order valence-corrected chi connectivity index (χ2v) is 8.40. The largest absolute Gasteiger partial charge is 0.481 e. The molecule has 0 aromatic heterocycles. The molecule has 0 saturated carbocycles. The van der Waals surface area contributed by atoms with Crippen molar-refractivity contribution in [3.05, 3.63) is 94.5 Å². The maximum Gasteiger partial charge on any atom is 0.307 e. The molecule has 6 heteroatoms. The summed E-state index contributed by atoms with van der Waals surface area (Å²) in [5, 5.41) is 29.4. The topological polar surface area (TPSA) is 97.2 Å². The summed E-state index contributed by atoms with van der Waals surface area (Å²) in [6, 6.07) is 24.2. The first-order valence-corrected chi connectivity index (χ1v) is 11.2. The van der Waals surface area contributed by atoms with Gasteiger partial charge in [-0.15, -0.1) is 0 Å². The number of carboxylic acids is 1. The van der Waals surface area contributed by atoms with E-state index in [1.165, 1.54) is 5.56 Å². The van der Waals surface area contributed by atoms with Gasteiger partial charge >= 0.3 is 5.97 Å². The highest BCUT2D eigenvalue weighted by Gasteiger charge is 2.27. The van der Waals surface area contributed by atoms with E-state index in [4.69, 9.17) is 5.11 Å². The second kappa shape index (κ2) is 10.2. The van der Waals surface area contributed by atoms with Gasteiger partial charge in [0.2, 0.25) is 0 Å². The molecule has 0 unspecified atom stereocenters. The predicted molar refractivity (Wildman–Crippen MR) is 130 cm³/mol. The minimum Gasteiger partial charge on any atom is -0.481 e. The third-order valence-electron chi connectivity index (χ3n) is 6.12. The Kier molecular flexibility index (Phi) is 6.92. The molecule has 2 atom stereocenters. The molecule has 3 aromatic carbocycles. The maximum atomic E-state index is 11.1. The summed E-state index contributed by atoms with van der Waals surface area (Å²) in [6.45, 7) is 3.52. The van der Waals surface area contributed by atoms with E-state index in [2.05, 4.69) is 41.1 Å².